The highest BCUT2D eigenvalue weighted by atomic mass is 16.3. The van der Waals surface area contributed by atoms with E-state index < -0.39 is 0 Å². The van der Waals surface area contributed by atoms with Crippen molar-refractivity contribution in [1.82, 2.24) is 5.32 Å². The van der Waals surface area contributed by atoms with Crippen LogP contribution in [0.15, 0.2) is 0 Å². The zero-order valence-electron chi connectivity index (χ0n) is 13.6. The summed E-state index contributed by atoms with van der Waals surface area (Å²) < 4.78 is 0. The van der Waals surface area contributed by atoms with Crippen molar-refractivity contribution in [2.45, 2.75) is 90.4 Å². The number of hydrogen-bond acceptors (Lipinski definition) is 3. The summed E-state index contributed by atoms with van der Waals surface area (Å²) in [5.74, 6) is 1.34. The number of nitrogens with two attached hydrogens (primary N) is 1. The van der Waals surface area contributed by atoms with Gasteiger partial charge >= 0.3 is 0 Å². The second kappa shape index (κ2) is 6.76. The van der Waals surface area contributed by atoms with Gasteiger partial charge in [-0.25, -0.2) is 0 Å². The Kier molecular flexibility index (Phi) is 5.49. The van der Waals surface area contributed by atoms with E-state index in [9.17, 15) is 5.11 Å². The third kappa shape index (κ3) is 3.75. The SMILES string of the molecule is CC(N)[C@H](CC1CCCCC1)NC(O)C1(C(C)C)CC1. The number of aliphatic hydroxyl groups excluding tert-OH is 1. The third-order valence-electron chi connectivity index (χ3n) is 5.84. The summed E-state index contributed by atoms with van der Waals surface area (Å²) in [5.41, 5.74) is 6.28. The zero-order valence-corrected chi connectivity index (χ0v) is 13.6. The van der Waals surface area contributed by atoms with Crippen molar-refractivity contribution in [3.05, 3.63) is 0 Å². The molecule has 0 amide bonds. The predicted octanol–water partition coefficient (Wildman–Crippen LogP) is 3.02. The molecule has 0 aromatic carbocycles. The van der Waals surface area contributed by atoms with Gasteiger partial charge in [-0.05, 0) is 38.0 Å². The first-order valence-corrected chi connectivity index (χ1v) is 8.65. The molecule has 0 aliphatic heterocycles. The van der Waals surface area contributed by atoms with Gasteiger partial charge in [0.05, 0.1) is 0 Å². The van der Waals surface area contributed by atoms with Gasteiger partial charge in [0, 0.05) is 17.5 Å². The second-order valence-corrected chi connectivity index (χ2v) is 7.66. The fraction of sp³-hybridized carbons (Fsp3) is 1.00. The van der Waals surface area contributed by atoms with Gasteiger partial charge in [-0.2, -0.15) is 0 Å². The molecule has 2 aliphatic rings. The van der Waals surface area contributed by atoms with Gasteiger partial charge in [0.1, 0.15) is 6.23 Å². The molecular formula is C17H34N2O. The van der Waals surface area contributed by atoms with Crippen LogP contribution in [0.1, 0.15) is 72.1 Å². The smallest absolute Gasteiger partial charge is 0.111 e. The van der Waals surface area contributed by atoms with Crippen molar-refractivity contribution in [2.75, 3.05) is 0 Å². The minimum atomic E-state index is -0.387. The van der Waals surface area contributed by atoms with Crippen molar-refractivity contribution < 1.29 is 5.11 Å². The Morgan fingerprint density at radius 1 is 1.15 bits per heavy atom. The van der Waals surface area contributed by atoms with Gasteiger partial charge in [-0.15, -0.1) is 0 Å². The fourth-order valence-electron chi connectivity index (χ4n) is 3.90. The first-order valence-electron chi connectivity index (χ1n) is 8.65. The van der Waals surface area contributed by atoms with E-state index in [0.717, 1.165) is 25.2 Å². The Labute approximate surface area is 124 Å². The van der Waals surface area contributed by atoms with Crippen LogP contribution in [0.5, 0.6) is 0 Å². The molecule has 2 aliphatic carbocycles. The molecule has 20 heavy (non-hydrogen) atoms. The molecule has 2 unspecified atom stereocenters. The van der Waals surface area contributed by atoms with Gasteiger partial charge in [0.2, 0.25) is 0 Å². The largest absolute Gasteiger partial charge is 0.378 e. The van der Waals surface area contributed by atoms with E-state index >= 15 is 0 Å². The van der Waals surface area contributed by atoms with E-state index in [1.54, 1.807) is 0 Å². The Balaban J connectivity index is 1.88. The fourth-order valence-corrected chi connectivity index (χ4v) is 3.90. The molecule has 2 rings (SSSR count). The monoisotopic (exact) mass is 282 g/mol. The highest BCUT2D eigenvalue weighted by molar-refractivity contribution is 5.01. The maximum Gasteiger partial charge on any atom is 0.111 e. The highest BCUT2D eigenvalue weighted by Crippen LogP contribution is 2.54. The molecule has 3 atom stereocenters. The number of hydrogen-bond donors (Lipinski definition) is 3. The molecule has 0 radical (unpaired) electrons. The van der Waals surface area contributed by atoms with Crippen LogP contribution in [0.4, 0.5) is 0 Å². The van der Waals surface area contributed by atoms with Crippen LogP contribution in [-0.4, -0.2) is 23.4 Å². The number of rotatable bonds is 7. The first kappa shape index (κ1) is 16.3. The van der Waals surface area contributed by atoms with E-state index in [1.165, 1.54) is 32.1 Å². The summed E-state index contributed by atoms with van der Waals surface area (Å²) in [4.78, 5) is 0. The predicted molar refractivity (Wildman–Crippen MR) is 84.3 cm³/mol. The molecule has 0 aromatic rings. The molecule has 0 bridgehead atoms. The second-order valence-electron chi connectivity index (χ2n) is 7.66. The van der Waals surface area contributed by atoms with E-state index in [-0.39, 0.29) is 23.7 Å². The molecule has 118 valence electrons. The lowest BCUT2D eigenvalue weighted by atomic mass is 9.83. The average molecular weight is 282 g/mol. The average Bonchev–Trinajstić information content (AvgIpc) is 3.20. The molecule has 0 heterocycles. The van der Waals surface area contributed by atoms with Crippen LogP contribution in [-0.2, 0) is 0 Å². The van der Waals surface area contributed by atoms with Crippen LogP contribution in [0.3, 0.4) is 0 Å². The van der Waals surface area contributed by atoms with Gasteiger partial charge in [-0.1, -0.05) is 46.0 Å². The Hall–Kier alpha value is -0.120. The molecular weight excluding hydrogens is 248 g/mol. The van der Waals surface area contributed by atoms with E-state index in [0.29, 0.717) is 5.92 Å². The Morgan fingerprint density at radius 2 is 1.75 bits per heavy atom. The molecule has 3 heteroatoms. The van der Waals surface area contributed by atoms with Crippen molar-refractivity contribution in [2.24, 2.45) is 23.0 Å². The van der Waals surface area contributed by atoms with Crippen molar-refractivity contribution >= 4 is 0 Å². The first-order chi connectivity index (χ1) is 9.45. The minimum absolute atomic E-state index is 0.106. The lowest BCUT2D eigenvalue weighted by Crippen LogP contribution is -2.52. The van der Waals surface area contributed by atoms with Gasteiger partial charge in [0.15, 0.2) is 0 Å². The molecule has 0 spiro atoms. The topological polar surface area (TPSA) is 58.3 Å². The quantitative estimate of drug-likeness (QED) is 0.629. The lowest BCUT2D eigenvalue weighted by Gasteiger charge is -2.35. The van der Waals surface area contributed by atoms with Crippen LogP contribution in [0.25, 0.3) is 0 Å². The van der Waals surface area contributed by atoms with Gasteiger partial charge in [0.25, 0.3) is 0 Å². The summed E-state index contributed by atoms with van der Waals surface area (Å²) in [6.45, 7) is 6.52. The number of aliphatic hydroxyl groups is 1. The van der Waals surface area contributed by atoms with E-state index in [1.807, 2.05) is 0 Å². The summed E-state index contributed by atoms with van der Waals surface area (Å²) in [7, 11) is 0. The van der Waals surface area contributed by atoms with E-state index in [4.69, 9.17) is 5.73 Å². The van der Waals surface area contributed by atoms with Gasteiger partial charge in [-0.3, -0.25) is 5.32 Å². The summed E-state index contributed by atoms with van der Waals surface area (Å²) >= 11 is 0. The van der Waals surface area contributed by atoms with Crippen LogP contribution in [0.2, 0.25) is 0 Å². The highest BCUT2D eigenvalue weighted by Gasteiger charge is 2.51. The van der Waals surface area contributed by atoms with Crippen molar-refractivity contribution in [3.63, 3.8) is 0 Å². The van der Waals surface area contributed by atoms with Crippen LogP contribution >= 0.6 is 0 Å². The third-order valence-corrected chi connectivity index (χ3v) is 5.84. The molecule has 0 aromatic heterocycles. The normalized spacial score (nSPS) is 27.3. The van der Waals surface area contributed by atoms with Crippen molar-refractivity contribution in [3.8, 4) is 0 Å². The molecule has 3 nitrogen and oxygen atoms in total. The van der Waals surface area contributed by atoms with Crippen LogP contribution in [0, 0.1) is 17.3 Å². The lowest BCUT2D eigenvalue weighted by molar-refractivity contribution is 0.0190. The maximum atomic E-state index is 10.6. The molecule has 2 saturated carbocycles. The van der Waals surface area contributed by atoms with E-state index in [2.05, 4.69) is 26.1 Å². The standard InChI is InChI=1S/C17H34N2O/c1-12(2)17(9-10-17)16(20)19-15(13(3)18)11-14-7-5-4-6-8-14/h12-16,19-20H,4-11,18H2,1-3H3/t13?,15-,16?/m0/s1. The molecule has 4 N–H and O–H groups in total. The van der Waals surface area contributed by atoms with Crippen LogP contribution < -0.4 is 11.1 Å². The zero-order chi connectivity index (χ0) is 14.8. The maximum absolute atomic E-state index is 10.6. The summed E-state index contributed by atoms with van der Waals surface area (Å²) in [6.07, 6.45) is 9.86. The van der Waals surface area contributed by atoms with Gasteiger partial charge < -0.3 is 10.8 Å². The molecule has 2 fully saturated rings. The summed E-state index contributed by atoms with van der Waals surface area (Å²) in [5, 5.41) is 14.1. The Bertz CT molecular complexity index is 293. The number of nitrogens with one attached hydrogen (secondary N) is 1. The Morgan fingerprint density at radius 3 is 2.20 bits per heavy atom. The minimum Gasteiger partial charge on any atom is -0.378 e. The van der Waals surface area contributed by atoms with Crippen molar-refractivity contribution in [1.29, 1.82) is 0 Å². The molecule has 0 saturated heterocycles. The summed E-state index contributed by atoms with van der Waals surface area (Å²) in [6, 6.07) is 0.360.